The fourth-order valence-electron chi connectivity index (χ4n) is 7.33. The van der Waals surface area contributed by atoms with Crippen LogP contribution in [0.3, 0.4) is 0 Å². The molecule has 4 nitrogen and oxygen atoms in total. The van der Waals surface area contributed by atoms with E-state index in [0.717, 1.165) is 39.3 Å². The molecular formula is C47H34N4. The minimum absolute atomic E-state index is 0.453. The lowest BCUT2D eigenvalue weighted by Crippen LogP contribution is -2.03. The first kappa shape index (κ1) is 30.3. The maximum Gasteiger partial charge on any atom is 0.115 e. The summed E-state index contributed by atoms with van der Waals surface area (Å²) in [5, 5.41) is 4.91. The molecule has 0 bridgehead atoms. The summed E-state index contributed by atoms with van der Waals surface area (Å²) >= 11 is 0. The minimum Gasteiger partial charge on any atom is -0.320 e. The highest BCUT2D eigenvalue weighted by Crippen LogP contribution is 2.37. The maximum atomic E-state index is 5.23. The lowest BCUT2D eigenvalue weighted by Gasteiger charge is -2.09. The van der Waals surface area contributed by atoms with E-state index < -0.39 is 0 Å². The monoisotopic (exact) mass is 654 g/mol. The van der Waals surface area contributed by atoms with Gasteiger partial charge in [-0.15, -0.1) is 0 Å². The van der Waals surface area contributed by atoms with E-state index in [9.17, 15) is 0 Å². The van der Waals surface area contributed by atoms with Crippen molar-refractivity contribution in [3.63, 3.8) is 0 Å². The third-order valence-corrected chi connectivity index (χ3v) is 9.76. The Morgan fingerprint density at radius 3 is 1.65 bits per heavy atom. The molecule has 0 radical (unpaired) electrons. The van der Waals surface area contributed by atoms with Crippen LogP contribution in [0.5, 0.6) is 0 Å². The van der Waals surface area contributed by atoms with Crippen LogP contribution in [-0.2, 0) is 6.67 Å². The Balaban J connectivity index is 1.16. The summed E-state index contributed by atoms with van der Waals surface area (Å²) in [6.45, 7) is 4.33. The fraction of sp³-hybridized carbons (Fsp3) is 0.0213. The number of nitrogens with zero attached hydrogens (tertiary/aromatic N) is 4. The second-order valence-electron chi connectivity index (χ2n) is 12.7. The molecule has 2 heterocycles. The molecule has 0 N–H and O–H groups in total. The van der Waals surface area contributed by atoms with Crippen molar-refractivity contribution >= 4 is 61.7 Å². The van der Waals surface area contributed by atoms with Crippen LogP contribution in [-0.4, -0.2) is 21.6 Å². The Morgan fingerprint density at radius 1 is 0.490 bits per heavy atom. The van der Waals surface area contributed by atoms with Gasteiger partial charge < -0.3 is 9.13 Å². The molecule has 51 heavy (non-hydrogen) atoms. The molecule has 0 atom stereocenters. The smallest absolute Gasteiger partial charge is 0.115 e. The summed E-state index contributed by atoms with van der Waals surface area (Å²) in [5.41, 5.74) is 11.9. The highest BCUT2D eigenvalue weighted by Gasteiger charge is 2.15. The lowest BCUT2D eigenvalue weighted by molar-refractivity contribution is 0.793. The van der Waals surface area contributed by atoms with Gasteiger partial charge in [0.2, 0.25) is 0 Å². The topological polar surface area (TPSA) is 34.6 Å². The zero-order chi connectivity index (χ0) is 34.1. The van der Waals surface area contributed by atoms with Crippen LogP contribution in [0.2, 0.25) is 0 Å². The molecule has 242 valence electrons. The average molecular weight is 655 g/mol. The maximum absolute atomic E-state index is 5.23. The summed E-state index contributed by atoms with van der Waals surface area (Å²) in [4.78, 5) is 9.62. The van der Waals surface area contributed by atoms with Crippen molar-refractivity contribution in [3.8, 4) is 16.8 Å². The van der Waals surface area contributed by atoms with Crippen molar-refractivity contribution in [2.75, 3.05) is 0 Å². The highest BCUT2D eigenvalue weighted by atomic mass is 15.1. The van der Waals surface area contributed by atoms with Crippen LogP contribution in [0.1, 0.15) is 11.1 Å². The van der Waals surface area contributed by atoms with E-state index in [1.165, 1.54) is 43.7 Å². The molecule has 0 saturated heterocycles. The molecule has 0 spiro atoms. The van der Waals surface area contributed by atoms with Crippen molar-refractivity contribution in [1.29, 1.82) is 0 Å². The Hall–Kier alpha value is -6.78. The molecule has 9 aromatic rings. The summed E-state index contributed by atoms with van der Waals surface area (Å²) in [7, 11) is 0. The van der Waals surface area contributed by atoms with Crippen LogP contribution >= 0.6 is 0 Å². The van der Waals surface area contributed by atoms with Gasteiger partial charge in [0, 0.05) is 32.8 Å². The Bertz CT molecular complexity index is 2770. The van der Waals surface area contributed by atoms with E-state index in [2.05, 4.69) is 148 Å². The van der Waals surface area contributed by atoms with Gasteiger partial charge in [0.1, 0.15) is 6.67 Å². The molecule has 0 amide bonds. The number of rotatable bonds is 8. The number of fused-ring (bicyclic) bond motifs is 6. The molecule has 2 aromatic heterocycles. The molecule has 9 rings (SSSR count). The predicted octanol–water partition coefficient (Wildman–Crippen LogP) is 11.7. The van der Waals surface area contributed by atoms with Crippen LogP contribution in [0.25, 0.3) is 66.1 Å². The fourth-order valence-corrected chi connectivity index (χ4v) is 7.33. The van der Waals surface area contributed by atoms with Gasteiger partial charge in [-0.2, -0.15) is 0 Å². The van der Waals surface area contributed by atoms with E-state index in [1.807, 2.05) is 54.6 Å². The molecule has 0 fully saturated rings. The third kappa shape index (κ3) is 5.44. The number of hydrogen-bond acceptors (Lipinski definition) is 2. The standard InChI is InChI=1S/C47H34N4/c1-48-42(33-15-5-2-6-16-33)31-43(34-17-7-3-8-18-34)49-32-50-44-23-13-11-21-38(44)40-29-35(25-27-45(40)50)36-26-28-47-41(30-36)39-22-12-14-24-46(39)51(47)37-19-9-4-10-20-37/h2-31H,1,32H2/b42-31-,49-43+. The zero-order valence-corrected chi connectivity index (χ0v) is 28.0. The first-order valence-corrected chi connectivity index (χ1v) is 17.2. The molecule has 0 aliphatic carbocycles. The highest BCUT2D eigenvalue weighted by molar-refractivity contribution is 6.13. The molecule has 4 heteroatoms. The predicted molar refractivity (Wildman–Crippen MR) is 216 cm³/mol. The van der Waals surface area contributed by atoms with Crippen molar-refractivity contribution in [1.82, 2.24) is 9.13 Å². The molecule has 0 aliphatic rings. The van der Waals surface area contributed by atoms with Gasteiger partial charge in [-0.25, -0.2) is 0 Å². The minimum atomic E-state index is 0.453. The summed E-state index contributed by atoms with van der Waals surface area (Å²) in [5.74, 6) is 0. The number of aromatic nitrogens is 2. The van der Waals surface area contributed by atoms with E-state index >= 15 is 0 Å². The van der Waals surface area contributed by atoms with Crippen LogP contribution in [0.15, 0.2) is 192 Å². The average Bonchev–Trinajstić information content (AvgIpc) is 3.71. The molecule has 0 saturated carbocycles. The number of para-hydroxylation sites is 3. The van der Waals surface area contributed by atoms with Gasteiger partial charge in [0.25, 0.3) is 0 Å². The zero-order valence-electron chi connectivity index (χ0n) is 28.0. The van der Waals surface area contributed by atoms with Gasteiger partial charge in [-0.05, 0) is 78.0 Å². The van der Waals surface area contributed by atoms with Gasteiger partial charge in [0.15, 0.2) is 0 Å². The van der Waals surface area contributed by atoms with E-state index in [4.69, 9.17) is 4.99 Å². The number of allylic oxidation sites excluding steroid dienone is 1. The second kappa shape index (κ2) is 12.9. The molecule has 0 unspecified atom stereocenters. The Morgan fingerprint density at radius 2 is 0.980 bits per heavy atom. The normalized spacial score (nSPS) is 12.3. The first-order valence-electron chi connectivity index (χ1n) is 17.2. The molecular weight excluding hydrogens is 621 g/mol. The Labute approximate surface area is 296 Å². The van der Waals surface area contributed by atoms with E-state index in [0.29, 0.717) is 6.67 Å². The summed E-state index contributed by atoms with van der Waals surface area (Å²) in [6, 6.07) is 62.0. The third-order valence-electron chi connectivity index (χ3n) is 9.76. The van der Waals surface area contributed by atoms with Gasteiger partial charge in [-0.1, -0.05) is 127 Å². The van der Waals surface area contributed by atoms with E-state index in [-0.39, 0.29) is 0 Å². The SMILES string of the molecule is C=N/C(=C\C(=N/Cn1c2ccccc2c2cc(-c3ccc4c(c3)c3ccccc3n4-c3ccccc3)ccc21)c1ccccc1)c1ccccc1. The van der Waals surface area contributed by atoms with Gasteiger partial charge in [-0.3, -0.25) is 9.98 Å². The second-order valence-corrected chi connectivity index (χ2v) is 12.7. The quantitative estimate of drug-likeness (QED) is 0.146. The van der Waals surface area contributed by atoms with E-state index in [1.54, 1.807) is 0 Å². The van der Waals surface area contributed by atoms with Crippen molar-refractivity contribution in [2.24, 2.45) is 9.98 Å². The largest absolute Gasteiger partial charge is 0.320 e. The van der Waals surface area contributed by atoms with Crippen LogP contribution in [0.4, 0.5) is 0 Å². The van der Waals surface area contributed by atoms with Crippen molar-refractivity contribution < 1.29 is 0 Å². The molecule has 0 aliphatic heterocycles. The Kier molecular flexibility index (Phi) is 7.67. The number of hydrogen-bond donors (Lipinski definition) is 0. The first-order chi connectivity index (χ1) is 25.3. The van der Waals surface area contributed by atoms with Crippen molar-refractivity contribution in [3.05, 3.63) is 193 Å². The summed E-state index contributed by atoms with van der Waals surface area (Å²) < 4.78 is 4.67. The summed E-state index contributed by atoms with van der Waals surface area (Å²) in [6.07, 6.45) is 2.04. The number of benzene rings is 7. The van der Waals surface area contributed by atoms with Crippen molar-refractivity contribution in [2.45, 2.75) is 6.67 Å². The lowest BCUT2D eigenvalue weighted by atomic mass is 10.0. The van der Waals surface area contributed by atoms with Crippen LogP contribution in [0, 0.1) is 0 Å². The molecule has 7 aromatic carbocycles. The number of aliphatic imine (C=N–C) groups is 2. The van der Waals surface area contributed by atoms with Crippen LogP contribution < -0.4 is 0 Å². The van der Waals surface area contributed by atoms with Gasteiger partial charge >= 0.3 is 0 Å². The van der Waals surface area contributed by atoms with Gasteiger partial charge in [0.05, 0.1) is 33.5 Å².